The minimum Gasteiger partial charge on any atom is -0.444 e. The van der Waals surface area contributed by atoms with Gasteiger partial charge in [-0.15, -0.1) is 0 Å². The van der Waals surface area contributed by atoms with Crippen molar-refractivity contribution in [1.29, 1.82) is 5.41 Å². The average Bonchev–Trinajstić information content (AvgIpc) is 3.81. The smallest absolute Gasteiger partial charge is 0.408 e. The number of nitrogens with one attached hydrogen (secondary N) is 3. The summed E-state index contributed by atoms with van der Waals surface area (Å²) in [5.74, 6) is -0.0382. The fraction of sp³-hybridized carbons (Fsp3) is 0.432. The van der Waals surface area contributed by atoms with E-state index >= 15 is 0 Å². The number of amides is 1. The van der Waals surface area contributed by atoms with E-state index in [0.717, 1.165) is 26.9 Å². The van der Waals surface area contributed by atoms with Gasteiger partial charge in [0.05, 0.1) is 22.5 Å². The second-order valence-corrected chi connectivity index (χ2v) is 16.7. The molecule has 1 aromatic heterocycles. The van der Waals surface area contributed by atoms with E-state index in [4.69, 9.17) is 4.74 Å². The molecule has 272 valence electrons. The number of hydrogen-bond donors (Lipinski definition) is 3. The normalized spacial score (nSPS) is 14.0. The van der Waals surface area contributed by atoms with Crippen molar-refractivity contribution in [3.05, 3.63) is 88.5 Å². The molecule has 3 N–H and O–H groups in total. The number of nitrogens with zero attached hydrogens (tertiary/aromatic N) is 3. The number of carbonyl (C=O) groups excluding carboxylic acids is 1. The summed E-state index contributed by atoms with van der Waals surface area (Å²) < 4.78 is 64.5. The molecule has 0 saturated heterocycles. The Morgan fingerprint density at radius 2 is 1.71 bits per heavy atom. The van der Waals surface area contributed by atoms with Crippen molar-refractivity contribution in [1.82, 2.24) is 15.1 Å². The van der Waals surface area contributed by atoms with Crippen molar-refractivity contribution in [3.8, 4) is 0 Å². The Hall–Kier alpha value is -4.46. The van der Waals surface area contributed by atoms with E-state index in [1.54, 1.807) is 46.7 Å². The highest BCUT2D eigenvalue weighted by atomic mass is 32.2. The molecule has 1 heterocycles. The minimum absolute atomic E-state index is 0.0762. The molecule has 1 atom stereocenters. The zero-order valence-electron chi connectivity index (χ0n) is 30.3. The Balaban J connectivity index is 1.59. The van der Waals surface area contributed by atoms with Crippen molar-refractivity contribution in [2.45, 2.75) is 104 Å². The number of rotatable bonds is 13. The van der Waals surface area contributed by atoms with Crippen LogP contribution in [-0.4, -0.2) is 60.3 Å². The molecule has 1 amide bonds. The summed E-state index contributed by atoms with van der Waals surface area (Å²) in [4.78, 5) is 13.0. The van der Waals surface area contributed by atoms with Crippen LogP contribution in [0.15, 0.2) is 60.7 Å². The second-order valence-electron chi connectivity index (χ2n) is 14.6. The number of aryl methyl sites for hydroxylation is 3. The van der Waals surface area contributed by atoms with Gasteiger partial charge < -0.3 is 15.4 Å². The molecule has 0 aliphatic heterocycles. The van der Waals surface area contributed by atoms with E-state index in [0.29, 0.717) is 30.1 Å². The van der Waals surface area contributed by atoms with Crippen LogP contribution in [0.2, 0.25) is 6.82 Å². The highest BCUT2D eigenvalue weighted by molar-refractivity contribution is 7.95. The van der Waals surface area contributed by atoms with Crippen LogP contribution in [0.4, 0.5) is 25.1 Å². The van der Waals surface area contributed by atoms with Crippen molar-refractivity contribution in [2.24, 2.45) is 0 Å². The first-order chi connectivity index (χ1) is 23.9. The largest absolute Gasteiger partial charge is 0.444 e. The molecule has 5 rings (SSSR count). The number of anilines is 2. The minimum atomic E-state index is -3.90. The van der Waals surface area contributed by atoms with Gasteiger partial charge in [0.1, 0.15) is 18.0 Å². The van der Waals surface area contributed by atoms with Gasteiger partial charge in [-0.2, -0.15) is 5.10 Å². The Kier molecular flexibility index (Phi) is 11.1. The van der Waals surface area contributed by atoms with Gasteiger partial charge in [-0.1, -0.05) is 78.1 Å². The molecule has 0 radical (unpaired) electrons. The second kappa shape index (κ2) is 15.0. The quantitative estimate of drug-likeness (QED) is 0.0748. The van der Waals surface area contributed by atoms with E-state index < -0.39 is 52.8 Å². The number of ether oxygens (including phenoxy) is 1. The SMILES string of the molecule is CB(Cc1ccccc1)N(c1nn(CC(F)F)c2c(NC(=N)C(Cc3cc(C)cc(C)c3)NC(=O)OC(C)(C)C)ccc(C)c12)S(=O)(=O)C1CC1. The molecular weight excluding hydrogens is 673 g/mol. The molecule has 1 saturated carbocycles. The summed E-state index contributed by atoms with van der Waals surface area (Å²) in [6.45, 7) is 11.4. The van der Waals surface area contributed by atoms with Crippen LogP contribution in [0.5, 0.6) is 0 Å². The van der Waals surface area contributed by atoms with Crippen LogP contribution in [0.1, 0.15) is 61.4 Å². The summed E-state index contributed by atoms with van der Waals surface area (Å²) in [6, 6.07) is 18.0. The zero-order chi connectivity index (χ0) is 37.2. The van der Waals surface area contributed by atoms with Crippen molar-refractivity contribution < 1.29 is 26.7 Å². The van der Waals surface area contributed by atoms with Crippen LogP contribution in [0.25, 0.3) is 10.9 Å². The molecule has 4 aromatic rings. The van der Waals surface area contributed by atoms with Crippen molar-refractivity contribution >= 4 is 51.2 Å². The number of carbonyl (C=O) groups is 1. The molecule has 1 aliphatic rings. The number of alkyl carbamates (subject to hydrolysis) is 1. The maximum Gasteiger partial charge on any atom is 0.408 e. The number of sulfonamides is 1. The summed E-state index contributed by atoms with van der Waals surface area (Å²) >= 11 is 0. The molecule has 0 bridgehead atoms. The van der Waals surface area contributed by atoms with E-state index in [-0.39, 0.29) is 29.3 Å². The van der Waals surface area contributed by atoms with Gasteiger partial charge in [-0.05, 0) is 77.9 Å². The summed E-state index contributed by atoms with van der Waals surface area (Å²) in [5.41, 5.74) is 4.23. The molecule has 1 fully saturated rings. The Labute approximate surface area is 299 Å². The first-order valence-electron chi connectivity index (χ1n) is 17.2. The molecular formula is C37H47BF2N6O4S. The number of aromatic nitrogens is 2. The highest BCUT2D eigenvalue weighted by Crippen LogP contribution is 2.40. The van der Waals surface area contributed by atoms with Crippen LogP contribution >= 0.6 is 0 Å². The van der Waals surface area contributed by atoms with Gasteiger partial charge in [-0.3, -0.25) is 14.3 Å². The number of fused-ring (bicyclic) bond motifs is 1. The van der Waals surface area contributed by atoms with Gasteiger partial charge in [0.25, 0.3) is 13.3 Å². The summed E-state index contributed by atoms with van der Waals surface area (Å²) in [5, 5.41) is 19.5. The highest BCUT2D eigenvalue weighted by Gasteiger charge is 2.44. The predicted molar refractivity (Wildman–Crippen MR) is 201 cm³/mol. The van der Waals surface area contributed by atoms with E-state index in [9.17, 15) is 27.4 Å². The number of amidine groups is 1. The van der Waals surface area contributed by atoms with Gasteiger partial charge >= 0.3 is 6.09 Å². The van der Waals surface area contributed by atoms with Crippen LogP contribution in [0, 0.1) is 26.2 Å². The van der Waals surface area contributed by atoms with Crippen molar-refractivity contribution in [2.75, 3.05) is 9.53 Å². The van der Waals surface area contributed by atoms with Gasteiger partial charge in [0.15, 0.2) is 5.82 Å². The maximum absolute atomic E-state index is 14.2. The standard InChI is InChI=1S/C37H47BF2N6O4S/c1-23-17-24(2)19-27(18-23)20-30(43-36(47)50-37(4,5)6)34(41)42-29-16-13-25(3)32-33(29)45(22-31(39)40)44-35(32)46(51(48,49)28-14-15-28)38(7)21-26-11-9-8-10-12-26/h8-13,16-19,28,30-31H,14-15,20-22H2,1-7H3,(H2,41,42)(H,43,47). The molecule has 1 unspecified atom stereocenters. The molecule has 0 spiro atoms. The predicted octanol–water partition coefficient (Wildman–Crippen LogP) is 7.45. The lowest BCUT2D eigenvalue weighted by atomic mass is 9.60. The fourth-order valence-corrected chi connectivity index (χ4v) is 8.45. The van der Waals surface area contributed by atoms with E-state index in [1.165, 1.54) is 4.22 Å². The third-order valence-electron chi connectivity index (χ3n) is 8.63. The number of alkyl halides is 2. The molecule has 14 heteroatoms. The van der Waals surface area contributed by atoms with Crippen molar-refractivity contribution in [3.63, 3.8) is 0 Å². The summed E-state index contributed by atoms with van der Waals surface area (Å²) in [7, 11) is -3.90. The lowest BCUT2D eigenvalue weighted by Gasteiger charge is -2.28. The van der Waals surface area contributed by atoms with Gasteiger partial charge in [-0.25, -0.2) is 22.0 Å². The zero-order valence-corrected chi connectivity index (χ0v) is 31.1. The molecule has 3 aromatic carbocycles. The number of hydrogen-bond acceptors (Lipinski definition) is 6. The fourth-order valence-electron chi connectivity index (χ4n) is 6.45. The lowest BCUT2D eigenvalue weighted by Crippen LogP contribution is -2.46. The number of halogens is 2. The van der Waals surface area contributed by atoms with E-state index in [1.807, 2.05) is 62.4 Å². The monoisotopic (exact) mass is 720 g/mol. The topological polar surface area (TPSA) is 129 Å². The van der Waals surface area contributed by atoms with Crippen LogP contribution in [-0.2, 0) is 34.0 Å². The Morgan fingerprint density at radius 1 is 1.06 bits per heavy atom. The van der Waals surface area contributed by atoms with Gasteiger partial charge in [0.2, 0.25) is 10.0 Å². The molecule has 10 nitrogen and oxygen atoms in total. The Morgan fingerprint density at radius 3 is 2.29 bits per heavy atom. The van der Waals surface area contributed by atoms with Crippen LogP contribution in [0.3, 0.4) is 0 Å². The average molecular weight is 721 g/mol. The third kappa shape index (κ3) is 9.27. The van der Waals surface area contributed by atoms with Crippen LogP contribution < -0.4 is 14.8 Å². The van der Waals surface area contributed by atoms with E-state index in [2.05, 4.69) is 15.7 Å². The summed E-state index contributed by atoms with van der Waals surface area (Å²) in [6.07, 6.45) is -1.85. The lowest BCUT2D eigenvalue weighted by molar-refractivity contribution is 0.0517. The molecule has 51 heavy (non-hydrogen) atoms. The first kappa shape index (κ1) is 37.8. The Bertz CT molecular complexity index is 1990. The first-order valence-corrected chi connectivity index (χ1v) is 18.7. The third-order valence-corrected chi connectivity index (χ3v) is 11.0. The number of benzene rings is 3. The maximum atomic E-state index is 14.2. The molecule has 1 aliphatic carbocycles. The van der Waals surface area contributed by atoms with Gasteiger partial charge in [0, 0.05) is 11.8 Å².